The van der Waals surface area contributed by atoms with E-state index in [4.69, 9.17) is 5.11 Å². The number of rotatable bonds is 8. The summed E-state index contributed by atoms with van der Waals surface area (Å²) in [4.78, 5) is 23.2. The Labute approximate surface area is 137 Å². The quantitative estimate of drug-likeness (QED) is 0.685. The molecule has 0 aliphatic heterocycles. The van der Waals surface area contributed by atoms with Crippen molar-refractivity contribution in [2.75, 3.05) is 0 Å². The topological polar surface area (TPSA) is 78.4 Å². The number of hydrogen-bond acceptors (Lipinski definition) is 3. The largest absolute Gasteiger partial charge is 0.480 e. The molecule has 3 N–H and O–H groups in total. The number of carboxylic acids is 1. The summed E-state index contributed by atoms with van der Waals surface area (Å²) in [5.74, 6) is -1.12. The second-order valence-electron chi connectivity index (χ2n) is 5.21. The van der Waals surface area contributed by atoms with Crippen LogP contribution in [0.3, 0.4) is 0 Å². The van der Waals surface area contributed by atoms with Crippen molar-refractivity contribution in [3.8, 4) is 0 Å². The Morgan fingerprint density at radius 3 is 2.27 bits per heavy atom. The number of hydrogen-bond donors (Lipinski definition) is 3. The van der Waals surface area contributed by atoms with Gasteiger partial charge in [-0.3, -0.25) is 14.9 Å². The Hall–Kier alpha value is -1.59. The SMILES string of the molecule is CCCC(NC(C)C(=O)NC(C)c1ccccc1)C(=O)O.Cl. The average molecular weight is 329 g/mol. The predicted octanol–water partition coefficient (Wildman–Crippen LogP) is 2.52. The maximum absolute atomic E-state index is 12.1. The molecule has 1 aromatic carbocycles. The van der Waals surface area contributed by atoms with E-state index in [2.05, 4.69) is 10.6 Å². The third kappa shape index (κ3) is 6.45. The lowest BCUT2D eigenvalue weighted by Gasteiger charge is -2.22. The van der Waals surface area contributed by atoms with Crippen molar-refractivity contribution in [2.45, 2.75) is 51.7 Å². The molecule has 3 unspecified atom stereocenters. The van der Waals surface area contributed by atoms with Gasteiger partial charge in [0.05, 0.1) is 12.1 Å². The molecule has 0 heterocycles. The fourth-order valence-electron chi connectivity index (χ4n) is 2.11. The van der Waals surface area contributed by atoms with Crippen molar-refractivity contribution in [1.82, 2.24) is 10.6 Å². The van der Waals surface area contributed by atoms with Crippen molar-refractivity contribution in [3.05, 3.63) is 35.9 Å². The molecule has 0 aromatic heterocycles. The summed E-state index contributed by atoms with van der Waals surface area (Å²) in [6.45, 7) is 5.50. The van der Waals surface area contributed by atoms with E-state index < -0.39 is 18.1 Å². The van der Waals surface area contributed by atoms with Gasteiger partial charge in [0.25, 0.3) is 0 Å². The van der Waals surface area contributed by atoms with Crippen LogP contribution in [0.5, 0.6) is 0 Å². The Kier molecular flexibility index (Phi) is 9.45. The molecule has 3 atom stereocenters. The smallest absolute Gasteiger partial charge is 0.320 e. The number of carbonyl (C=O) groups excluding carboxylic acids is 1. The molecular weight excluding hydrogens is 304 g/mol. The lowest BCUT2D eigenvalue weighted by atomic mass is 10.1. The van der Waals surface area contributed by atoms with Crippen LogP contribution in [0.25, 0.3) is 0 Å². The van der Waals surface area contributed by atoms with Gasteiger partial charge in [0, 0.05) is 0 Å². The molecule has 0 radical (unpaired) electrons. The summed E-state index contributed by atoms with van der Waals surface area (Å²) in [6.07, 6.45) is 1.25. The number of amides is 1. The van der Waals surface area contributed by atoms with Gasteiger partial charge >= 0.3 is 5.97 Å². The van der Waals surface area contributed by atoms with Crippen LogP contribution in [0, 0.1) is 0 Å². The van der Waals surface area contributed by atoms with Gasteiger partial charge < -0.3 is 10.4 Å². The van der Waals surface area contributed by atoms with Crippen LogP contribution in [0.1, 0.15) is 45.2 Å². The highest BCUT2D eigenvalue weighted by Crippen LogP contribution is 2.11. The fraction of sp³-hybridized carbons (Fsp3) is 0.500. The molecule has 0 aliphatic carbocycles. The second-order valence-corrected chi connectivity index (χ2v) is 5.21. The zero-order valence-electron chi connectivity index (χ0n) is 13.2. The zero-order chi connectivity index (χ0) is 15.8. The first-order valence-electron chi connectivity index (χ1n) is 7.29. The van der Waals surface area contributed by atoms with Crippen LogP contribution in [0.4, 0.5) is 0 Å². The molecule has 0 saturated carbocycles. The van der Waals surface area contributed by atoms with E-state index in [1.165, 1.54) is 0 Å². The standard InChI is InChI=1S/C16H24N2O3.ClH/c1-4-8-14(16(20)21)17-12(3)15(19)18-11(2)13-9-6-5-7-10-13;/h5-7,9-12,14,17H,4,8H2,1-3H3,(H,18,19)(H,20,21);1H. The van der Waals surface area contributed by atoms with Crippen LogP contribution >= 0.6 is 12.4 Å². The summed E-state index contributed by atoms with van der Waals surface area (Å²) in [5, 5.41) is 14.9. The van der Waals surface area contributed by atoms with Crippen LogP contribution < -0.4 is 10.6 Å². The Balaban J connectivity index is 0.00000441. The zero-order valence-corrected chi connectivity index (χ0v) is 14.0. The summed E-state index contributed by atoms with van der Waals surface area (Å²) in [7, 11) is 0. The van der Waals surface area contributed by atoms with Gasteiger partial charge in [0.2, 0.25) is 5.91 Å². The van der Waals surface area contributed by atoms with Crippen LogP contribution in [-0.4, -0.2) is 29.1 Å². The first-order valence-corrected chi connectivity index (χ1v) is 7.29. The molecule has 0 spiro atoms. The highest BCUT2D eigenvalue weighted by molar-refractivity contribution is 5.85. The Bertz CT molecular complexity index is 468. The monoisotopic (exact) mass is 328 g/mol. The predicted molar refractivity (Wildman–Crippen MR) is 89.2 cm³/mol. The van der Waals surface area contributed by atoms with E-state index in [1.54, 1.807) is 6.92 Å². The third-order valence-electron chi connectivity index (χ3n) is 3.38. The van der Waals surface area contributed by atoms with Crippen molar-refractivity contribution < 1.29 is 14.7 Å². The second kappa shape index (κ2) is 10.2. The summed E-state index contributed by atoms with van der Waals surface area (Å²) in [5.41, 5.74) is 1.02. The van der Waals surface area contributed by atoms with Gasteiger partial charge in [-0.1, -0.05) is 43.7 Å². The number of nitrogens with one attached hydrogen (secondary N) is 2. The van der Waals surface area contributed by atoms with Crippen LogP contribution in [0.2, 0.25) is 0 Å². The minimum atomic E-state index is -0.924. The first kappa shape index (κ1) is 20.4. The van der Waals surface area contributed by atoms with E-state index in [1.807, 2.05) is 44.2 Å². The minimum absolute atomic E-state index is 0. The molecular formula is C16H25ClN2O3. The van der Waals surface area contributed by atoms with E-state index in [0.717, 1.165) is 12.0 Å². The van der Waals surface area contributed by atoms with E-state index in [0.29, 0.717) is 6.42 Å². The van der Waals surface area contributed by atoms with Gasteiger partial charge in [0.15, 0.2) is 0 Å². The lowest BCUT2D eigenvalue weighted by Crippen LogP contribution is -2.49. The molecule has 0 saturated heterocycles. The van der Waals surface area contributed by atoms with Crippen molar-refractivity contribution in [1.29, 1.82) is 0 Å². The molecule has 5 nitrogen and oxygen atoms in total. The minimum Gasteiger partial charge on any atom is -0.480 e. The Morgan fingerprint density at radius 1 is 1.18 bits per heavy atom. The highest BCUT2D eigenvalue weighted by atomic mass is 35.5. The van der Waals surface area contributed by atoms with E-state index in [-0.39, 0.29) is 24.4 Å². The van der Waals surface area contributed by atoms with E-state index >= 15 is 0 Å². The molecule has 0 aliphatic rings. The number of aliphatic carboxylic acids is 1. The van der Waals surface area contributed by atoms with Gasteiger partial charge in [-0.25, -0.2) is 0 Å². The molecule has 1 amide bonds. The summed E-state index contributed by atoms with van der Waals surface area (Å²) in [6, 6.07) is 8.29. The van der Waals surface area contributed by atoms with Crippen molar-refractivity contribution in [2.24, 2.45) is 0 Å². The first-order chi connectivity index (χ1) is 9.95. The molecule has 0 bridgehead atoms. The maximum Gasteiger partial charge on any atom is 0.320 e. The molecule has 22 heavy (non-hydrogen) atoms. The number of carboxylic acid groups (broad SMARTS) is 1. The molecule has 1 rings (SSSR count). The summed E-state index contributed by atoms with van der Waals surface area (Å²) >= 11 is 0. The molecule has 0 fully saturated rings. The highest BCUT2D eigenvalue weighted by Gasteiger charge is 2.23. The fourth-order valence-corrected chi connectivity index (χ4v) is 2.11. The van der Waals surface area contributed by atoms with E-state index in [9.17, 15) is 9.59 Å². The lowest BCUT2D eigenvalue weighted by molar-refractivity contribution is -0.140. The molecule has 1 aromatic rings. The van der Waals surface area contributed by atoms with Crippen molar-refractivity contribution >= 4 is 24.3 Å². The van der Waals surface area contributed by atoms with Gasteiger partial charge in [-0.05, 0) is 25.8 Å². The molecule has 6 heteroatoms. The van der Waals surface area contributed by atoms with Gasteiger partial charge in [-0.2, -0.15) is 0 Å². The normalized spacial score (nSPS) is 14.3. The van der Waals surface area contributed by atoms with Crippen LogP contribution in [0.15, 0.2) is 30.3 Å². The van der Waals surface area contributed by atoms with Crippen LogP contribution in [-0.2, 0) is 9.59 Å². The number of halogens is 1. The summed E-state index contributed by atoms with van der Waals surface area (Å²) < 4.78 is 0. The number of carbonyl (C=O) groups is 2. The number of benzene rings is 1. The Morgan fingerprint density at radius 2 is 1.77 bits per heavy atom. The molecule has 124 valence electrons. The maximum atomic E-state index is 12.1. The van der Waals surface area contributed by atoms with Gasteiger partial charge in [-0.15, -0.1) is 12.4 Å². The van der Waals surface area contributed by atoms with Crippen molar-refractivity contribution in [3.63, 3.8) is 0 Å². The van der Waals surface area contributed by atoms with Gasteiger partial charge in [0.1, 0.15) is 6.04 Å². The third-order valence-corrected chi connectivity index (χ3v) is 3.38. The average Bonchev–Trinajstić information content (AvgIpc) is 2.47.